The van der Waals surface area contributed by atoms with E-state index in [1.807, 2.05) is 6.07 Å². The van der Waals surface area contributed by atoms with E-state index in [2.05, 4.69) is 34.5 Å². The molecule has 1 spiro atoms. The van der Waals surface area contributed by atoms with E-state index in [0.717, 1.165) is 39.0 Å². The third kappa shape index (κ3) is 2.82. The Morgan fingerprint density at radius 2 is 2.00 bits per heavy atom. The highest BCUT2D eigenvalue weighted by molar-refractivity contribution is 5.19. The fraction of sp³-hybridized carbons (Fsp3) is 0.600. The number of piperidine rings is 1. The van der Waals surface area contributed by atoms with Crippen molar-refractivity contribution in [1.29, 1.82) is 0 Å². The highest BCUT2D eigenvalue weighted by Gasteiger charge is 2.41. The summed E-state index contributed by atoms with van der Waals surface area (Å²) >= 11 is 0. The van der Waals surface area contributed by atoms with Gasteiger partial charge in [0.1, 0.15) is 0 Å². The van der Waals surface area contributed by atoms with Gasteiger partial charge in [0.15, 0.2) is 0 Å². The summed E-state index contributed by atoms with van der Waals surface area (Å²) in [5.41, 5.74) is 7.14. The first-order chi connectivity index (χ1) is 9.31. The Bertz CT molecular complexity index is 403. The van der Waals surface area contributed by atoms with Crippen molar-refractivity contribution in [3.05, 3.63) is 35.9 Å². The van der Waals surface area contributed by atoms with E-state index in [1.165, 1.54) is 5.56 Å². The van der Waals surface area contributed by atoms with Crippen LogP contribution in [0.25, 0.3) is 0 Å². The zero-order chi connectivity index (χ0) is 13.1. The van der Waals surface area contributed by atoms with Crippen molar-refractivity contribution in [2.24, 2.45) is 5.73 Å². The highest BCUT2D eigenvalue weighted by Crippen LogP contribution is 2.35. The Morgan fingerprint density at radius 3 is 2.68 bits per heavy atom. The molecule has 3 N–H and O–H groups in total. The van der Waals surface area contributed by atoms with Crippen LogP contribution in [0.1, 0.15) is 24.5 Å². The van der Waals surface area contributed by atoms with Crippen LogP contribution in [-0.4, -0.2) is 43.3 Å². The molecule has 0 saturated carbocycles. The molecule has 0 aromatic heterocycles. The molecule has 2 saturated heterocycles. The van der Waals surface area contributed by atoms with Crippen LogP contribution in [0, 0.1) is 0 Å². The molecule has 0 bridgehead atoms. The van der Waals surface area contributed by atoms with E-state index in [-0.39, 0.29) is 11.7 Å². The summed E-state index contributed by atoms with van der Waals surface area (Å²) in [6.07, 6.45) is 2.30. The van der Waals surface area contributed by atoms with Crippen molar-refractivity contribution in [3.63, 3.8) is 0 Å². The molecule has 2 aliphatic heterocycles. The maximum atomic E-state index is 6.50. The first-order valence-electron chi connectivity index (χ1n) is 7.17. The number of hydrogen-bond acceptors (Lipinski definition) is 4. The maximum Gasteiger partial charge on any atom is 0.0960 e. The van der Waals surface area contributed by atoms with Crippen molar-refractivity contribution in [1.82, 2.24) is 10.2 Å². The van der Waals surface area contributed by atoms with Gasteiger partial charge in [-0.25, -0.2) is 0 Å². The van der Waals surface area contributed by atoms with Crippen molar-refractivity contribution in [2.45, 2.75) is 24.5 Å². The Labute approximate surface area is 114 Å². The minimum Gasteiger partial charge on any atom is -0.364 e. The SMILES string of the molecule is NCN1CC(c2ccccc2)OC2(CCNCC2)C1. The van der Waals surface area contributed by atoms with Gasteiger partial charge in [-0.15, -0.1) is 0 Å². The quantitative estimate of drug-likeness (QED) is 0.837. The second-order valence-electron chi connectivity index (χ2n) is 5.64. The van der Waals surface area contributed by atoms with Gasteiger partial charge >= 0.3 is 0 Å². The number of morpholine rings is 1. The third-order valence-electron chi connectivity index (χ3n) is 4.27. The third-order valence-corrected chi connectivity index (χ3v) is 4.27. The van der Waals surface area contributed by atoms with Crippen LogP contribution in [0.4, 0.5) is 0 Å². The van der Waals surface area contributed by atoms with Crippen molar-refractivity contribution in [3.8, 4) is 0 Å². The van der Waals surface area contributed by atoms with E-state index in [4.69, 9.17) is 10.5 Å². The lowest BCUT2D eigenvalue weighted by atomic mass is 9.89. The Kier molecular flexibility index (Phi) is 3.84. The lowest BCUT2D eigenvalue weighted by molar-refractivity contribution is -0.168. The number of ether oxygens (including phenoxy) is 1. The first-order valence-corrected chi connectivity index (χ1v) is 7.17. The average molecular weight is 261 g/mol. The summed E-state index contributed by atoms with van der Waals surface area (Å²) in [5, 5.41) is 3.41. The Hall–Kier alpha value is -0.940. The van der Waals surface area contributed by atoms with Crippen molar-refractivity contribution < 1.29 is 4.74 Å². The fourth-order valence-electron chi connectivity index (χ4n) is 3.22. The molecule has 1 aromatic rings. The second-order valence-corrected chi connectivity index (χ2v) is 5.64. The number of nitrogens with one attached hydrogen (secondary N) is 1. The van der Waals surface area contributed by atoms with Crippen molar-refractivity contribution in [2.75, 3.05) is 32.8 Å². The lowest BCUT2D eigenvalue weighted by Crippen LogP contribution is -2.57. The molecule has 4 nitrogen and oxygen atoms in total. The summed E-state index contributed by atoms with van der Waals surface area (Å²) in [5.74, 6) is 0. The lowest BCUT2D eigenvalue weighted by Gasteiger charge is -2.48. The topological polar surface area (TPSA) is 50.5 Å². The molecule has 104 valence electrons. The van der Waals surface area contributed by atoms with Gasteiger partial charge < -0.3 is 15.8 Å². The van der Waals surface area contributed by atoms with E-state index >= 15 is 0 Å². The van der Waals surface area contributed by atoms with E-state index < -0.39 is 0 Å². The summed E-state index contributed by atoms with van der Waals surface area (Å²) in [6.45, 7) is 4.56. The highest BCUT2D eigenvalue weighted by atomic mass is 16.5. The first kappa shape index (κ1) is 13.1. The van der Waals surface area contributed by atoms with Crippen LogP contribution in [0.15, 0.2) is 30.3 Å². The van der Waals surface area contributed by atoms with Gasteiger partial charge in [-0.1, -0.05) is 30.3 Å². The molecule has 0 radical (unpaired) electrons. The van der Waals surface area contributed by atoms with Gasteiger partial charge in [0.2, 0.25) is 0 Å². The monoisotopic (exact) mass is 261 g/mol. The smallest absolute Gasteiger partial charge is 0.0960 e. The van der Waals surface area contributed by atoms with Gasteiger partial charge in [0, 0.05) is 19.8 Å². The zero-order valence-corrected chi connectivity index (χ0v) is 11.3. The number of benzene rings is 1. The molecule has 0 amide bonds. The molecular formula is C15H23N3O. The van der Waals surface area contributed by atoms with Crippen LogP contribution in [0.3, 0.4) is 0 Å². The van der Waals surface area contributed by atoms with Gasteiger partial charge in [0.25, 0.3) is 0 Å². The van der Waals surface area contributed by atoms with Gasteiger partial charge in [0.05, 0.1) is 11.7 Å². The summed E-state index contributed by atoms with van der Waals surface area (Å²) in [6, 6.07) is 10.5. The molecule has 1 aromatic carbocycles. The van der Waals surface area contributed by atoms with E-state index in [0.29, 0.717) is 6.67 Å². The number of nitrogens with zero attached hydrogens (tertiary/aromatic N) is 1. The van der Waals surface area contributed by atoms with Crippen LogP contribution in [-0.2, 0) is 4.74 Å². The number of rotatable bonds is 2. The van der Waals surface area contributed by atoms with Gasteiger partial charge in [-0.05, 0) is 31.5 Å². The molecule has 2 heterocycles. The Morgan fingerprint density at radius 1 is 1.26 bits per heavy atom. The molecule has 4 heteroatoms. The maximum absolute atomic E-state index is 6.50. The van der Waals surface area contributed by atoms with Crippen molar-refractivity contribution >= 4 is 0 Å². The minimum atomic E-state index is -0.0105. The van der Waals surface area contributed by atoms with Crippen LogP contribution in [0.2, 0.25) is 0 Å². The predicted octanol–water partition coefficient (Wildman–Crippen LogP) is 1.10. The normalized spacial score (nSPS) is 27.5. The average Bonchev–Trinajstić information content (AvgIpc) is 2.48. The predicted molar refractivity (Wildman–Crippen MR) is 75.7 cm³/mol. The largest absolute Gasteiger partial charge is 0.364 e. The number of nitrogens with two attached hydrogens (primary N) is 1. The standard InChI is InChI=1S/C15H23N3O/c16-12-18-10-14(13-4-2-1-3-5-13)19-15(11-18)6-8-17-9-7-15/h1-5,14,17H,6-12,16H2. The summed E-state index contributed by atoms with van der Waals surface area (Å²) in [4.78, 5) is 2.33. The molecule has 3 rings (SSSR count). The minimum absolute atomic E-state index is 0.0105. The molecular weight excluding hydrogens is 238 g/mol. The van der Waals surface area contributed by atoms with Crippen LogP contribution >= 0.6 is 0 Å². The number of hydrogen-bond donors (Lipinski definition) is 2. The molecule has 0 aliphatic carbocycles. The summed E-state index contributed by atoms with van der Waals surface area (Å²) in [7, 11) is 0. The second kappa shape index (κ2) is 5.59. The van der Waals surface area contributed by atoms with Gasteiger partial charge in [-0.3, -0.25) is 4.90 Å². The molecule has 2 fully saturated rings. The molecule has 19 heavy (non-hydrogen) atoms. The Balaban J connectivity index is 1.81. The van der Waals surface area contributed by atoms with Gasteiger partial charge in [-0.2, -0.15) is 0 Å². The molecule has 1 atom stereocenters. The van der Waals surface area contributed by atoms with Crippen LogP contribution < -0.4 is 11.1 Å². The molecule has 2 aliphatic rings. The zero-order valence-electron chi connectivity index (χ0n) is 11.3. The molecule has 1 unspecified atom stereocenters. The van der Waals surface area contributed by atoms with E-state index in [1.54, 1.807) is 0 Å². The summed E-state index contributed by atoms with van der Waals surface area (Å²) < 4.78 is 6.50. The fourth-order valence-corrected chi connectivity index (χ4v) is 3.22. The van der Waals surface area contributed by atoms with Crippen LogP contribution in [0.5, 0.6) is 0 Å². The van der Waals surface area contributed by atoms with E-state index in [9.17, 15) is 0 Å².